The van der Waals surface area contributed by atoms with Gasteiger partial charge in [0, 0.05) is 38.0 Å². The maximum absolute atomic E-state index is 12.3. The highest BCUT2D eigenvalue weighted by molar-refractivity contribution is 6.42. The van der Waals surface area contributed by atoms with Crippen molar-refractivity contribution in [3.8, 4) is 0 Å². The minimum Gasteiger partial charge on any atom is -0.464 e. The largest absolute Gasteiger partial charge is 0.464 e. The van der Waals surface area contributed by atoms with Crippen LogP contribution >= 0.6 is 0 Å². The van der Waals surface area contributed by atoms with Crippen molar-refractivity contribution in [2.45, 2.75) is 12.8 Å². The Bertz CT molecular complexity index is 796. The van der Waals surface area contributed by atoms with Crippen LogP contribution < -0.4 is 14.5 Å². The molecule has 1 saturated heterocycles. The van der Waals surface area contributed by atoms with E-state index in [4.69, 9.17) is 4.74 Å². The molecule has 1 aliphatic rings. The Kier molecular flexibility index (Phi) is 5.51. The van der Waals surface area contributed by atoms with Crippen LogP contribution in [0.3, 0.4) is 0 Å². The highest BCUT2D eigenvalue weighted by Crippen LogP contribution is 2.23. The van der Waals surface area contributed by atoms with Crippen LogP contribution in [-0.4, -0.2) is 38.9 Å². The molecule has 1 aromatic heterocycles. The molecule has 1 fully saturated rings. The molecule has 1 aromatic carbocycles. The zero-order chi connectivity index (χ0) is 18.5. The first kappa shape index (κ1) is 17.9. The second kappa shape index (κ2) is 7.99. The minimum atomic E-state index is -0.465. The van der Waals surface area contributed by atoms with Crippen LogP contribution in [0.4, 0.5) is 11.4 Å². The van der Waals surface area contributed by atoms with Crippen LogP contribution in [0.2, 0.25) is 0 Å². The van der Waals surface area contributed by atoms with Crippen LogP contribution in [0.1, 0.15) is 18.5 Å². The number of hydrogen-bond donors (Lipinski definition) is 0. The molecule has 0 amide bonds. The van der Waals surface area contributed by atoms with Crippen LogP contribution in [0.25, 0.3) is 0 Å². The van der Waals surface area contributed by atoms with E-state index in [1.807, 2.05) is 55.2 Å². The van der Waals surface area contributed by atoms with E-state index in [2.05, 4.69) is 22.1 Å². The van der Waals surface area contributed by atoms with E-state index in [-0.39, 0.29) is 5.71 Å². The van der Waals surface area contributed by atoms with Gasteiger partial charge in [-0.25, -0.2) is 4.79 Å². The number of pyridine rings is 1. The van der Waals surface area contributed by atoms with Crippen LogP contribution in [0.15, 0.2) is 53.8 Å². The number of nitrogens with zero attached hydrogens (tertiary/aromatic N) is 4. The number of rotatable bonds is 5. The van der Waals surface area contributed by atoms with Gasteiger partial charge in [-0.05, 0) is 43.2 Å². The van der Waals surface area contributed by atoms with Crippen molar-refractivity contribution in [3.05, 3.63) is 54.4 Å². The van der Waals surface area contributed by atoms with E-state index < -0.39 is 5.97 Å². The number of benzene rings is 1. The molecular formula is C20H25N4O2+. The van der Waals surface area contributed by atoms with Gasteiger partial charge in [-0.1, -0.05) is 0 Å². The zero-order valence-corrected chi connectivity index (χ0v) is 15.6. The Balaban J connectivity index is 1.87. The van der Waals surface area contributed by atoms with Crippen molar-refractivity contribution in [1.82, 2.24) is 0 Å². The average molecular weight is 353 g/mol. The second-order valence-corrected chi connectivity index (χ2v) is 6.37. The van der Waals surface area contributed by atoms with Crippen molar-refractivity contribution in [1.29, 1.82) is 0 Å². The van der Waals surface area contributed by atoms with E-state index >= 15 is 0 Å². The van der Waals surface area contributed by atoms with Gasteiger partial charge < -0.3 is 9.64 Å². The maximum atomic E-state index is 12.3. The van der Waals surface area contributed by atoms with Crippen molar-refractivity contribution < 1.29 is 14.1 Å². The Morgan fingerprint density at radius 2 is 1.85 bits per heavy atom. The summed E-state index contributed by atoms with van der Waals surface area (Å²) in [6.45, 7) is 2.23. The summed E-state index contributed by atoms with van der Waals surface area (Å²) in [6, 6.07) is 13.9. The molecular weight excluding hydrogens is 328 g/mol. The number of hydrazone groups is 1. The van der Waals surface area contributed by atoms with E-state index in [9.17, 15) is 4.79 Å². The Morgan fingerprint density at radius 3 is 2.46 bits per heavy atom. The van der Waals surface area contributed by atoms with Gasteiger partial charge in [0.05, 0.1) is 12.8 Å². The molecule has 3 rings (SSSR count). The Labute approximate surface area is 154 Å². The molecule has 6 nitrogen and oxygen atoms in total. The normalized spacial score (nSPS) is 14.4. The Hall–Kier alpha value is -2.89. The summed E-state index contributed by atoms with van der Waals surface area (Å²) in [5, 5.41) is 6.22. The van der Waals surface area contributed by atoms with Crippen LogP contribution in [-0.2, 0) is 16.6 Å². The van der Waals surface area contributed by atoms with Crippen molar-refractivity contribution in [2.24, 2.45) is 12.1 Å². The highest BCUT2D eigenvalue weighted by atomic mass is 16.5. The molecule has 0 atom stereocenters. The minimum absolute atomic E-state index is 0.265. The lowest BCUT2D eigenvalue weighted by molar-refractivity contribution is -0.672. The summed E-state index contributed by atoms with van der Waals surface area (Å²) in [5.74, 6) is -0.465. The van der Waals surface area contributed by atoms with E-state index in [0.717, 1.165) is 18.8 Å². The molecule has 2 heterocycles. The topological polar surface area (TPSA) is 49.0 Å². The summed E-state index contributed by atoms with van der Waals surface area (Å²) in [7, 11) is 5.07. The van der Waals surface area contributed by atoms with Gasteiger partial charge in [-0.2, -0.15) is 9.67 Å². The third-order valence-electron chi connectivity index (χ3n) is 4.62. The quantitative estimate of drug-likeness (QED) is 0.358. The fraction of sp³-hybridized carbons (Fsp3) is 0.350. The predicted molar refractivity (Wildman–Crippen MR) is 102 cm³/mol. The summed E-state index contributed by atoms with van der Waals surface area (Å²) in [6.07, 6.45) is 4.38. The third-order valence-corrected chi connectivity index (χ3v) is 4.62. The summed E-state index contributed by atoms with van der Waals surface area (Å²) < 4.78 is 6.78. The molecule has 0 unspecified atom stereocenters. The van der Waals surface area contributed by atoms with Crippen molar-refractivity contribution >= 4 is 23.1 Å². The molecule has 6 heteroatoms. The third kappa shape index (κ3) is 3.85. The molecule has 0 N–H and O–H groups in total. The first-order valence-corrected chi connectivity index (χ1v) is 8.81. The molecule has 0 saturated carbocycles. The molecule has 0 aliphatic carbocycles. The molecule has 26 heavy (non-hydrogen) atoms. The van der Waals surface area contributed by atoms with Gasteiger partial charge in [0.15, 0.2) is 6.20 Å². The summed E-state index contributed by atoms with van der Waals surface area (Å²) >= 11 is 0. The van der Waals surface area contributed by atoms with Gasteiger partial charge in [0.2, 0.25) is 11.4 Å². The SMILES string of the molecule is COC(=O)/C(=N\N(C)c1ccc(N2CCCC2)cc1)c1cccc[n+]1C. The smallest absolute Gasteiger partial charge is 0.365 e. The average Bonchev–Trinajstić information content (AvgIpc) is 3.21. The number of ether oxygens (including phenoxy) is 1. The van der Waals surface area contributed by atoms with Crippen LogP contribution in [0, 0.1) is 0 Å². The molecule has 2 aromatic rings. The number of esters is 1. The van der Waals surface area contributed by atoms with E-state index in [1.165, 1.54) is 25.6 Å². The van der Waals surface area contributed by atoms with Crippen molar-refractivity contribution in [2.75, 3.05) is 37.2 Å². The lowest BCUT2D eigenvalue weighted by Gasteiger charge is -2.19. The van der Waals surface area contributed by atoms with Gasteiger partial charge in [0.1, 0.15) is 7.05 Å². The number of carbonyl (C=O) groups is 1. The van der Waals surface area contributed by atoms with Gasteiger partial charge in [0.25, 0.3) is 0 Å². The summed E-state index contributed by atoms with van der Waals surface area (Å²) in [5.41, 5.74) is 3.10. The van der Waals surface area contributed by atoms with Crippen LogP contribution in [0.5, 0.6) is 0 Å². The first-order valence-electron chi connectivity index (χ1n) is 8.81. The monoisotopic (exact) mass is 353 g/mol. The molecule has 0 spiro atoms. The number of aromatic nitrogens is 1. The van der Waals surface area contributed by atoms with Gasteiger partial charge >= 0.3 is 5.97 Å². The lowest BCUT2D eigenvalue weighted by Crippen LogP contribution is -2.39. The van der Waals surface area contributed by atoms with Crippen molar-refractivity contribution in [3.63, 3.8) is 0 Å². The highest BCUT2D eigenvalue weighted by Gasteiger charge is 2.24. The standard InChI is InChI=1S/C20H25N4O2/c1-22-13-5-4-8-18(22)19(20(25)26-3)21-23(2)16-9-11-17(12-10-16)24-14-6-7-15-24/h4-5,8-13H,6-7,14-15H2,1-3H3/q+1. The molecule has 1 aliphatic heterocycles. The second-order valence-electron chi connectivity index (χ2n) is 6.37. The fourth-order valence-electron chi connectivity index (χ4n) is 3.12. The number of aryl methyl sites for hydroxylation is 1. The molecule has 0 bridgehead atoms. The van der Waals surface area contributed by atoms with Gasteiger partial charge in [-0.15, -0.1) is 0 Å². The number of methoxy groups -OCH3 is 1. The zero-order valence-electron chi connectivity index (χ0n) is 15.6. The van der Waals surface area contributed by atoms with E-state index in [1.54, 1.807) is 5.01 Å². The molecule has 136 valence electrons. The fourth-order valence-corrected chi connectivity index (χ4v) is 3.12. The lowest BCUT2D eigenvalue weighted by atomic mass is 10.2. The number of anilines is 2. The Morgan fingerprint density at radius 1 is 1.15 bits per heavy atom. The van der Waals surface area contributed by atoms with Gasteiger partial charge in [-0.3, -0.25) is 5.01 Å². The predicted octanol–water partition coefficient (Wildman–Crippen LogP) is 2.12. The number of carbonyl (C=O) groups excluding carboxylic acids is 1. The number of hydrogen-bond acceptors (Lipinski definition) is 5. The molecule has 0 radical (unpaired) electrons. The van der Waals surface area contributed by atoms with E-state index in [0.29, 0.717) is 5.69 Å². The first-order chi connectivity index (χ1) is 12.6. The maximum Gasteiger partial charge on any atom is 0.365 e. The summed E-state index contributed by atoms with van der Waals surface area (Å²) in [4.78, 5) is 14.6.